The van der Waals surface area contributed by atoms with Crippen molar-refractivity contribution < 1.29 is 36.9 Å². The summed E-state index contributed by atoms with van der Waals surface area (Å²) in [7, 11) is 0. The quantitative estimate of drug-likeness (QED) is 0.0460. The number of anilines is 2. The first-order valence-corrected chi connectivity index (χ1v) is 20.5. The Morgan fingerprint density at radius 2 is 1.25 bits per heavy atom. The van der Waals surface area contributed by atoms with Crippen LogP contribution in [0.4, 0.5) is 34.1 Å². The van der Waals surface area contributed by atoms with Crippen LogP contribution in [0, 0.1) is 52.8 Å². The standard InChI is InChI=1S/C23H15N5O5.C16H11N3O.C7H6N2O4.O2S/c24-14-6-8-18-21(9-14)33-22-11-19(16-3-1-2-4-17(16)23(22)26-18)25-12-13-5-7-15(27(29)30)10-20(13)28(31)32;17-9-5-6-13-14(7-9)20-15-8-12(18)10-3-1-2-4-11(10)16(15)19-13;1-5-2-6(8(10)11)4-7(3-5)9(12)13;1-3-2/h1-11H,12,24H2;1-8,17H,18H2;2-4H,1H3;. The van der Waals surface area contributed by atoms with Crippen molar-refractivity contribution in [3.8, 4) is 22.9 Å². The van der Waals surface area contributed by atoms with Gasteiger partial charge >= 0.3 is 11.6 Å². The van der Waals surface area contributed by atoms with E-state index in [0.717, 1.165) is 44.9 Å². The maximum absolute atomic E-state index is 11.5. The summed E-state index contributed by atoms with van der Waals surface area (Å²) in [6, 6.07) is 36.3. The second-order valence-electron chi connectivity index (χ2n) is 14.7. The van der Waals surface area contributed by atoms with E-state index in [4.69, 9.17) is 39.1 Å². The Morgan fingerprint density at radius 1 is 0.623 bits per heavy atom. The SMILES string of the molecule is Cc1cc([N+](=O)[O-])cc([N+](=O)[O-])c1.N=c1ccc2nc3c(cc(N)c4ccccc43)oc-2c1.Nc1ccc2nc3c4ccccc4c(=NCc4ccc([N+](=O)[O-])cc4[N+](=O)[O-])cc-3oc2c1.O=S=O. The highest BCUT2D eigenvalue weighted by Gasteiger charge is 2.20. The van der Waals surface area contributed by atoms with Gasteiger partial charge in [0.25, 0.3) is 22.7 Å². The molecule has 23 heteroatoms. The lowest BCUT2D eigenvalue weighted by atomic mass is 10.0. The van der Waals surface area contributed by atoms with E-state index in [1.807, 2.05) is 48.5 Å². The van der Waals surface area contributed by atoms with Crippen LogP contribution in [0.3, 0.4) is 0 Å². The Labute approximate surface area is 389 Å². The summed E-state index contributed by atoms with van der Waals surface area (Å²) in [5.41, 5.74) is 16.7. The van der Waals surface area contributed by atoms with Gasteiger partial charge in [0.1, 0.15) is 22.4 Å². The number of nitrogens with zero attached hydrogens (tertiary/aromatic N) is 7. The third-order valence-corrected chi connectivity index (χ3v) is 10.2. The third kappa shape index (κ3) is 10.5. The molecule has 0 fully saturated rings. The second-order valence-corrected chi connectivity index (χ2v) is 14.9. The van der Waals surface area contributed by atoms with Crippen LogP contribution in [0.15, 0.2) is 147 Å². The number of aryl methyl sites for hydroxylation is 1. The molecule has 0 spiro atoms. The Balaban J connectivity index is 0.000000165. The van der Waals surface area contributed by atoms with Gasteiger partial charge < -0.3 is 25.7 Å². The minimum atomic E-state index is -0.750. The van der Waals surface area contributed by atoms with Crippen molar-refractivity contribution >= 4 is 89.4 Å². The first-order valence-electron chi connectivity index (χ1n) is 19.9. The van der Waals surface area contributed by atoms with E-state index in [1.54, 1.807) is 55.5 Å². The minimum Gasteiger partial charge on any atom is -0.453 e. The van der Waals surface area contributed by atoms with Crippen LogP contribution in [-0.4, -0.2) is 38.1 Å². The lowest BCUT2D eigenvalue weighted by molar-refractivity contribution is -0.394. The fraction of sp³-hybridized carbons (Fsp3) is 0.0435. The molecule has 22 nitrogen and oxygen atoms in total. The van der Waals surface area contributed by atoms with Gasteiger partial charge in [0.15, 0.2) is 22.7 Å². The number of non-ortho nitro benzene ring substituents is 3. The summed E-state index contributed by atoms with van der Waals surface area (Å²) in [6.45, 7) is 1.53. The molecule has 0 bridgehead atoms. The molecule has 0 unspecified atom stereocenters. The van der Waals surface area contributed by atoms with Crippen molar-refractivity contribution in [3.63, 3.8) is 0 Å². The maximum Gasteiger partial charge on any atom is 0.335 e. The van der Waals surface area contributed by atoms with Gasteiger partial charge in [-0.25, -0.2) is 9.97 Å². The molecule has 0 amide bonds. The smallest absolute Gasteiger partial charge is 0.335 e. The minimum absolute atomic E-state index is 0.0439. The maximum atomic E-state index is 11.5. The fourth-order valence-corrected chi connectivity index (χ4v) is 7.16. The van der Waals surface area contributed by atoms with Gasteiger partial charge in [-0.05, 0) is 42.8 Å². The van der Waals surface area contributed by atoms with E-state index in [9.17, 15) is 40.5 Å². The molecule has 0 saturated heterocycles. The Morgan fingerprint density at radius 3 is 1.90 bits per heavy atom. The topological polar surface area (TPSA) is 347 Å². The van der Waals surface area contributed by atoms with Crippen molar-refractivity contribution in [2.24, 2.45) is 4.99 Å². The van der Waals surface area contributed by atoms with Crippen LogP contribution < -0.4 is 22.2 Å². The van der Waals surface area contributed by atoms with Crippen LogP contribution >= 0.6 is 0 Å². The number of hydrogen-bond acceptors (Lipinski definition) is 18. The highest BCUT2D eigenvalue weighted by molar-refractivity contribution is 7.51. The van der Waals surface area contributed by atoms with Gasteiger partial charge in [-0.3, -0.25) is 45.4 Å². The molecule has 69 heavy (non-hydrogen) atoms. The molecule has 0 saturated carbocycles. The molecular weight excluding hydrogens is 917 g/mol. The number of fused-ring (bicyclic) bond motifs is 8. The highest BCUT2D eigenvalue weighted by Crippen LogP contribution is 2.34. The van der Waals surface area contributed by atoms with Crippen molar-refractivity contribution in [1.82, 2.24) is 9.97 Å². The monoisotopic (exact) mass is 948 g/mol. The molecule has 2 aliphatic heterocycles. The summed E-state index contributed by atoms with van der Waals surface area (Å²) in [5.74, 6) is 1.09. The molecule has 344 valence electrons. The summed E-state index contributed by atoms with van der Waals surface area (Å²) in [5, 5.41) is 55.2. The molecule has 0 aromatic heterocycles. The number of nitrogens with two attached hydrogens (primary N) is 2. The Kier molecular flexibility index (Phi) is 13.7. The fourth-order valence-electron chi connectivity index (χ4n) is 7.16. The molecule has 6 aromatic carbocycles. The number of nitrogen functional groups attached to an aromatic ring is 2. The van der Waals surface area contributed by atoms with Crippen molar-refractivity contribution in [2.75, 3.05) is 11.5 Å². The largest absolute Gasteiger partial charge is 0.453 e. The number of nitro groups is 4. The lowest BCUT2D eigenvalue weighted by Gasteiger charge is -2.10. The van der Waals surface area contributed by atoms with Gasteiger partial charge in [-0.1, -0.05) is 48.5 Å². The Bertz CT molecular complexity index is 3770. The molecule has 6 aromatic rings. The zero-order valence-electron chi connectivity index (χ0n) is 35.5. The number of nitro benzene ring substituents is 4. The van der Waals surface area contributed by atoms with E-state index in [2.05, 4.69) is 9.98 Å². The van der Waals surface area contributed by atoms with E-state index < -0.39 is 31.3 Å². The molecule has 0 atom stereocenters. The van der Waals surface area contributed by atoms with E-state index >= 15 is 0 Å². The van der Waals surface area contributed by atoms with E-state index in [-0.39, 0.29) is 34.9 Å². The molecule has 10 rings (SSSR count). The Hall–Kier alpha value is -9.90. The van der Waals surface area contributed by atoms with Crippen LogP contribution in [-0.2, 0) is 18.1 Å². The van der Waals surface area contributed by atoms with Crippen molar-refractivity contribution in [1.29, 1.82) is 5.41 Å². The van der Waals surface area contributed by atoms with Gasteiger partial charge in [-0.15, -0.1) is 0 Å². The van der Waals surface area contributed by atoms with Crippen LogP contribution in [0.5, 0.6) is 0 Å². The predicted octanol–water partition coefficient (Wildman–Crippen LogP) is 8.87. The molecule has 2 aliphatic carbocycles. The van der Waals surface area contributed by atoms with Gasteiger partial charge in [0.05, 0.1) is 54.6 Å². The first kappa shape index (κ1) is 47.1. The predicted molar refractivity (Wildman–Crippen MR) is 253 cm³/mol. The molecule has 2 heterocycles. The number of hydrogen-bond donors (Lipinski definition) is 3. The molecular formula is C46H32N10O12S. The van der Waals surface area contributed by atoms with Crippen LogP contribution in [0.25, 0.3) is 66.7 Å². The normalized spacial score (nSPS) is 11.0. The number of nitrogens with one attached hydrogen (secondary N) is 1. The van der Waals surface area contributed by atoms with E-state index in [1.165, 1.54) is 24.3 Å². The number of aromatic nitrogens is 2. The highest BCUT2D eigenvalue weighted by atomic mass is 32.1. The summed E-state index contributed by atoms with van der Waals surface area (Å²) in [4.78, 5) is 54.4. The van der Waals surface area contributed by atoms with E-state index in [0.29, 0.717) is 61.5 Å². The van der Waals surface area contributed by atoms with Crippen LogP contribution in [0.1, 0.15) is 11.1 Å². The third-order valence-electron chi connectivity index (χ3n) is 10.2. The van der Waals surface area contributed by atoms with Gasteiger partial charge in [-0.2, -0.15) is 8.42 Å². The van der Waals surface area contributed by atoms with Gasteiger partial charge in [0, 0.05) is 75.4 Å². The molecule has 0 radical (unpaired) electrons. The second kappa shape index (κ2) is 20.1. The van der Waals surface area contributed by atoms with Crippen molar-refractivity contribution in [2.45, 2.75) is 13.5 Å². The average molecular weight is 949 g/mol. The molecule has 5 N–H and O–H groups in total. The molecule has 4 aliphatic rings. The average Bonchev–Trinajstić information content (AvgIpc) is 3.32. The van der Waals surface area contributed by atoms with Crippen molar-refractivity contribution in [3.05, 3.63) is 196 Å². The lowest BCUT2D eigenvalue weighted by Crippen LogP contribution is -2.08. The first-order chi connectivity index (χ1) is 33.0. The summed E-state index contributed by atoms with van der Waals surface area (Å²) < 4.78 is 28.5. The van der Waals surface area contributed by atoms with Gasteiger partial charge in [0.2, 0.25) is 0 Å². The summed E-state index contributed by atoms with van der Waals surface area (Å²) >= 11 is -0.750. The number of benzene rings is 8. The van der Waals surface area contributed by atoms with Crippen LogP contribution in [0.2, 0.25) is 0 Å². The summed E-state index contributed by atoms with van der Waals surface area (Å²) in [6.07, 6.45) is 0. The zero-order valence-corrected chi connectivity index (χ0v) is 36.3. The number of rotatable bonds is 6. The zero-order chi connectivity index (χ0) is 49.5.